The van der Waals surface area contributed by atoms with E-state index in [0.29, 0.717) is 41.0 Å². The number of carbonyl (C=O) groups is 1. The van der Waals surface area contributed by atoms with Crippen LogP contribution in [0.3, 0.4) is 0 Å². The van der Waals surface area contributed by atoms with Crippen molar-refractivity contribution >= 4 is 17.7 Å². The Labute approximate surface area is 129 Å². The minimum atomic E-state index is 0.0765. The van der Waals surface area contributed by atoms with Gasteiger partial charge in [-0.3, -0.25) is 9.79 Å². The van der Waals surface area contributed by atoms with E-state index >= 15 is 0 Å². The normalized spacial score (nSPS) is 23.8. The maximum Gasteiger partial charge on any atom is 0.190 e. The summed E-state index contributed by atoms with van der Waals surface area (Å²) in [6, 6.07) is 3.33. The predicted octanol–water partition coefficient (Wildman–Crippen LogP) is 3.21. The van der Waals surface area contributed by atoms with E-state index in [1.165, 1.54) is 12.7 Å². The van der Waals surface area contributed by atoms with E-state index in [9.17, 15) is 4.79 Å². The molecule has 0 amide bonds. The van der Waals surface area contributed by atoms with Crippen LogP contribution in [0.25, 0.3) is 0 Å². The zero-order chi connectivity index (χ0) is 15.7. The van der Waals surface area contributed by atoms with Gasteiger partial charge in [0.2, 0.25) is 0 Å². The molecular weight excluding hydrogens is 280 g/mol. The largest absolute Gasteiger partial charge is 0.493 e. The average Bonchev–Trinajstić information content (AvgIpc) is 2.90. The molecule has 0 fully saturated rings. The number of carbonyl (C=O) groups excluding carboxylic acids is 1. The number of nitrogens with zero attached hydrogens (tertiary/aromatic N) is 1. The standard InChI is InChI=1S/C17H20N2O3/c1-10-5-11-3-4-15(20)13-7-16(21-2)17(22-18)8-14(13)19-9-12(11)6-10/h5,7-9,11-12H,3-4,6,18H2,1-2H3/t11?,12-/m0/s1. The molecule has 1 aromatic rings. The SMILES string of the molecule is COc1cc2c(cc1ON)N=C[C@@H]1CC(C)=CC1CCC2=O. The molecule has 0 saturated heterocycles. The highest BCUT2D eigenvalue weighted by atomic mass is 16.6. The van der Waals surface area contributed by atoms with E-state index in [2.05, 4.69) is 18.0 Å². The molecule has 1 aromatic carbocycles. The summed E-state index contributed by atoms with van der Waals surface area (Å²) >= 11 is 0. The third-order valence-electron chi connectivity index (χ3n) is 4.43. The highest BCUT2D eigenvalue weighted by Crippen LogP contribution is 2.39. The first-order valence-electron chi connectivity index (χ1n) is 7.46. The lowest BCUT2D eigenvalue weighted by Crippen LogP contribution is -2.10. The van der Waals surface area contributed by atoms with Gasteiger partial charge in [0.25, 0.3) is 0 Å². The number of hydrogen-bond acceptors (Lipinski definition) is 5. The summed E-state index contributed by atoms with van der Waals surface area (Å²) in [4.78, 5) is 21.9. The lowest BCUT2D eigenvalue weighted by molar-refractivity contribution is 0.0975. The topological polar surface area (TPSA) is 73.9 Å². The zero-order valence-corrected chi connectivity index (χ0v) is 12.8. The third-order valence-corrected chi connectivity index (χ3v) is 4.43. The first-order chi connectivity index (χ1) is 10.6. The van der Waals surface area contributed by atoms with E-state index in [0.717, 1.165) is 12.8 Å². The summed E-state index contributed by atoms with van der Waals surface area (Å²) < 4.78 is 5.22. The first-order valence-corrected chi connectivity index (χ1v) is 7.46. The van der Waals surface area contributed by atoms with Crippen LogP contribution in [0.5, 0.6) is 11.5 Å². The molecule has 5 heteroatoms. The minimum Gasteiger partial charge on any atom is -0.493 e. The molecule has 0 spiro atoms. The second kappa shape index (κ2) is 5.93. The predicted molar refractivity (Wildman–Crippen MR) is 84.9 cm³/mol. The number of Topliss-reactive ketones (excluding diaryl/α,β-unsaturated/α-hetero) is 1. The van der Waals surface area contributed by atoms with Crippen molar-refractivity contribution in [1.82, 2.24) is 0 Å². The molecule has 2 atom stereocenters. The Bertz CT molecular complexity index is 664. The summed E-state index contributed by atoms with van der Waals surface area (Å²) in [5.41, 5.74) is 2.53. The number of methoxy groups -OCH3 is 1. The molecule has 0 saturated carbocycles. The van der Waals surface area contributed by atoms with Gasteiger partial charge in [-0.25, -0.2) is 0 Å². The quantitative estimate of drug-likeness (QED) is 0.672. The fourth-order valence-electron chi connectivity index (χ4n) is 3.28. The number of ketones is 1. The molecule has 22 heavy (non-hydrogen) atoms. The van der Waals surface area contributed by atoms with Crippen LogP contribution in [-0.4, -0.2) is 19.1 Å². The van der Waals surface area contributed by atoms with E-state index < -0.39 is 0 Å². The van der Waals surface area contributed by atoms with Gasteiger partial charge in [-0.15, -0.1) is 0 Å². The number of benzene rings is 1. The molecule has 0 aromatic heterocycles. The van der Waals surface area contributed by atoms with Gasteiger partial charge in [0.15, 0.2) is 17.3 Å². The maximum absolute atomic E-state index is 12.5. The van der Waals surface area contributed by atoms with Crippen LogP contribution in [0, 0.1) is 11.8 Å². The first kappa shape index (κ1) is 14.8. The second-order valence-corrected chi connectivity index (χ2v) is 5.92. The minimum absolute atomic E-state index is 0.0765. The smallest absolute Gasteiger partial charge is 0.190 e. The number of fused-ring (bicyclic) bond motifs is 2. The lowest BCUT2D eigenvalue weighted by Gasteiger charge is -2.13. The van der Waals surface area contributed by atoms with Crippen molar-refractivity contribution in [2.24, 2.45) is 22.7 Å². The Kier molecular flexibility index (Phi) is 3.98. The molecular formula is C17H20N2O3. The molecule has 2 aliphatic rings. The Balaban J connectivity index is 2.03. The Morgan fingerprint density at radius 1 is 1.27 bits per heavy atom. The Hall–Kier alpha value is -2.14. The van der Waals surface area contributed by atoms with E-state index in [4.69, 9.17) is 15.5 Å². The van der Waals surface area contributed by atoms with Crippen molar-refractivity contribution in [3.05, 3.63) is 29.3 Å². The number of allylic oxidation sites excluding steroid dienone is 2. The van der Waals surface area contributed by atoms with Crippen molar-refractivity contribution in [1.29, 1.82) is 0 Å². The molecule has 0 radical (unpaired) electrons. The van der Waals surface area contributed by atoms with Gasteiger partial charge in [-0.05, 0) is 31.7 Å². The summed E-state index contributed by atoms with van der Waals surface area (Å²) in [6.45, 7) is 2.13. The second-order valence-electron chi connectivity index (χ2n) is 5.92. The van der Waals surface area contributed by atoms with Gasteiger partial charge >= 0.3 is 0 Å². The van der Waals surface area contributed by atoms with Crippen molar-refractivity contribution in [3.63, 3.8) is 0 Å². The lowest BCUT2D eigenvalue weighted by atomic mass is 9.91. The number of ether oxygens (including phenoxy) is 1. The summed E-state index contributed by atoms with van der Waals surface area (Å²) in [6.07, 6.45) is 6.60. The molecule has 0 bridgehead atoms. The number of nitrogens with two attached hydrogens (primary N) is 1. The van der Waals surface area contributed by atoms with Gasteiger partial charge in [0, 0.05) is 30.2 Å². The third kappa shape index (κ3) is 2.64. The van der Waals surface area contributed by atoms with Crippen molar-refractivity contribution < 1.29 is 14.4 Å². The van der Waals surface area contributed by atoms with Gasteiger partial charge in [0.1, 0.15) is 0 Å². The fourth-order valence-corrected chi connectivity index (χ4v) is 3.28. The molecule has 1 aliphatic heterocycles. The number of aliphatic imine (C=N–C) groups is 1. The average molecular weight is 300 g/mol. The summed E-state index contributed by atoms with van der Waals surface area (Å²) in [5.74, 6) is 6.93. The van der Waals surface area contributed by atoms with Crippen LogP contribution < -0.4 is 15.5 Å². The van der Waals surface area contributed by atoms with E-state index in [1.807, 2.05) is 6.21 Å². The van der Waals surface area contributed by atoms with Gasteiger partial charge in [-0.2, -0.15) is 5.90 Å². The summed E-state index contributed by atoms with van der Waals surface area (Å²) in [5, 5.41) is 0. The van der Waals surface area contributed by atoms with Crippen molar-refractivity contribution in [2.45, 2.75) is 26.2 Å². The monoisotopic (exact) mass is 300 g/mol. The van der Waals surface area contributed by atoms with Crippen LogP contribution in [0.2, 0.25) is 0 Å². The van der Waals surface area contributed by atoms with Gasteiger partial charge in [0.05, 0.1) is 12.8 Å². The number of rotatable bonds is 2. The van der Waals surface area contributed by atoms with Gasteiger partial charge < -0.3 is 9.57 Å². The highest BCUT2D eigenvalue weighted by Gasteiger charge is 2.27. The van der Waals surface area contributed by atoms with Crippen LogP contribution in [0.15, 0.2) is 28.8 Å². The molecule has 1 heterocycles. The molecule has 1 unspecified atom stereocenters. The highest BCUT2D eigenvalue weighted by molar-refractivity contribution is 6.02. The zero-order valence-electron chi connectivity index (χ0n) is 12.8. The fraction of sp³-hybridized carbons (Fsp3) is 0.412. The molecule has 5 nitrogen and oxygen atoms in total. The molecule has 116 valence electrons. The summed E-state index contributed by atoms with van der Waals surface area (Å²) in [7, 11) is 1.52. The van der Waals surface area contributed by atoms with Crippen LogP contribution in [-0.2, 0) is 0 Å². The molecule has 3 rings (SSSR count). The van der Waals surface area contributed by atoms with Crippen molar-refractivity contribution in [2.75, 3.05) is 7.11 Å². The maximum atomic E-state index is 12.5. The molecule has 1 aliphatic carbocycles. The van der Waals surface area contributed by atoms with Crippen LogP contribution >= 0.6 is 0 Å². The van der Waals surface area contributed by atoms with Crippen LogP contribution in [0.4, 0.5) is 5.69 Å². The van der Waals surface area contributed by atoms with E-state index in [-0.39, 0.29) is 5.78 Å². The van der Waals surface area contributed by atoms with Gasteiger partial charge in [-0.1, -0.05) is 11.6 Å². The van der Waals surface area contributed by atoms with E-state index in [1.54, 1.807) is 12.1 Å². The molecule has 2 N–H and O–H groups in total. The van der Waals surface area contributed by atoms with Crippen LogP contribution in [0.1, 0.15) is 36.5 Å². The Morgan fingerprint density at radius 3 is 2.82 bits per heavy atom. The Morgan fingerprint density at radius 2 is 2.09 bits per heavy atom. The number of hydrogen-bond donors (Lipinski definition) is 1. The van der Waals surface area contributed by atoms with Crippen molar-refractivity contribution in [3.8, 4) is 11.5 Å².